The molecule has 0 spiro atoms. The number of hydrogen-bond acceptors (Lipinski definition) is 5. The van der Waals surface area contributed by atoms with Crippen LogP contribution in [0.1, 0.15) is 15.9 Å². The highest BCUT2D eigenvalue weighted by atomic mass is 16.5. The average Bonchev–Trinajstić information content (AvgIpc) is 2.68. The molecule has 0 radical (unpaired) electrons. The van der Waals surface area contributed by atoms with Gasteiger partial charge in [-0.1, -0.05) is 6.07 Å². The summed E-state index contributed by atoms with van der Waals surface area (Å²) in [7, 11) is 1.60. The van der Waals surface area contributed by atoms with Gasteiger partial charge in [-0.05, 0) is 24.6 Å². The number of nitrogens with zero attached hydrogens (tertiary/aromatic N) is 2. The second-order valence-electron chi connectivity index (χ2n) is 6.38. The minimum absolute atomic E-state index is 0.0236. The second kappa shape index (κ2) is 7.84. The molecule has 2 fully saturated rings. The Balaban J connectivity index is 1.58. The molecule has 1 aromatic carbocycles. The van der Waals surface area contributed by atoms with E-state index in [2.05, 4.69) is 5.32 Å². The molecular formula is C18H25N3O4. The molecule has 2 aliphatic heterocycles. The number of amides is 2. The molecular weight excluding hydrogens is 322 g/mol. The third-order valence-electron chi connectivity index (χ3n) is 4.75. The first-order valence-electron chi connectivity index (χ1n) is 8.64. The maximum atomic E-state index is 12.7. The monoisotopic (exact) mass is 347 g/mol. The predicted octanol–water partition coefficient (Wildman–Crippen LogP) is 0.276. The smallest absolute Gasteiger partial charge is 0.254 e. The Hall–Kier alpha value is -2.12. The normalized spacial score (nSPS) is 21.1. The maximum absolute atomic E-state index is 12.7. The van der Waals surface area contributed by atoms with Gasteiger partial charge in [0.15, 0.2) is 0 Å². The van der Waals surface area contributed by atoms with Crippen molar-refractivity contribution in [1.82, 2.24) is 15.1 Å². The average molecular weight is 347 g/mol. The van der Waals surface area contributed by atoms with Crippen LogP contribution in [-0.2, 0) is 9.53 Å². The number of benzene rings is 1. The quantitative estimate of drug-likeness (QED) is 0.850. The molecule has 1 unspecified atom stereocenters. The minimum Gasteiger partial charge on any atom is -0.496 e. The van der Waals surface area contributed by atoms with Gasteiger partial charge in [-0.3, -0.25) is 9.59 Å². The third kappa shape index (κ3) is 3.93. The van der Waals surface area contributed by atoms with Crippen molar-refractivity contribution in [2.75, 3.05) is 53.0 Å². The Morgan fingerprint density at radius 3 is 2.56 bits per heavy atom. The van der Waals surface area contributed by atoms with Crippen molar-refractivity contribution in [2.45, 2.75) is 13.0 Å². The minimum atomic E-state index is -0.266. The lowest BCUT2D eigenvalue weighted by molar-refractivity contribution is -0.137. The van der Waals surface area contributed by atoms with Crippen LogP contribution in [-0.4, -0.2) is 80.7 Å². The molecule has 25 heavy (non-hydrogen) atoms. The van der Waals surface area contributed by atoms with Crippen molar-refractivity contribution in [3.63, 3.8) is 0 Å². The van der Waals surface area contributed by atoms with Crippen molar-refractivity contribution in [2.24, 2.45) is 0 Å². The first kappa shape index (κ1) is 17.7. The Labute approximate surface area is 147 Å². The molecule has 2 amide bonds. The molecule has 2 heterocycles. The van der Waals surface area contributed by atoms with Gasteiger partial charge >= 0.3 is 0 Å². The first-order valence-corrected chi connectivity index (χ1v) is 8.64. The van der Waals surface area contributed by atoms with E-state index in [0.29, 0.717) is 57.3 Å². The highest BCUT2D eigenvalue weighted by Crippen LogP contribution is 2.20. The zero-order valence-corrected chi connectivity index (χ0v) is 14.8. The molecule has 2 aliphatic rings. The van der Waals surface area contributed by atoms with Crippen LogP contribution in [0.5, 0.6) is 5.75 Å². The van der Waals surface area contributed by atoms with Gasteiger partial charge in [0.25, 0.3) is 5.91 Å². The van der Waals surface area contributed by atoms with Gasteiger partial charge in [-0.25, -0.2) is 0 Å². The molecule has 3 rings (SSSR count). The number of hydrogen-bond donors (Lipinski definition) is 1. The molecule has 2 saturated heterocycles. The Morgan fingerprint density at radius 1 is 1.20 bits per heavy atom. The summed E-state index contributed by atoms with van der Waals surface area (Å²) >= 11 is 0. The number of nitrogens with one attached hydrogen (secondary N) is 1. The highest BCUT2D eigenvalue weighted by Gasteiger charge is 2.30. The van der Waals surface area contributed by atoms with Gasteiger partial charge < -0.3 is 24.6 Å². The molecule has 1 aromatic rings. The molecule has 1 N–H and O–H groups in total. The topological polar surface area (TPSA) is 71.1 Å². The Bertz CT molecular complexity index is 635. The molecule has 1 atom stereocenters. The van der Waals surface area contributed by atoms with Crippen LogP contribution < -0.4 is 10.1 Å². The number of carbonyl (C=O) groups is 2. The lowest BCUT2D eigenvalue weighted by Crippen LogP contribution is -2.57. The van der Waals surface area contributed by atoms with Crippen LogP contribution >= 0.6 is 0 Å². The van der Waals surface area contributed by atoms with Crippen LogP contribution in [0.4, 0.5) is 0 Å². The van der Waals surface area contributed by atoms with Gasteiger partial charge in [0, 0.05) is 38.3 Å². The van der Waals surface area contributed by atoms with E-state index < -0.39 is 0 Å². The summed E-state index contributed by atoms with van der Waals surface area (Å²) < 4.78 is 10.7. The summed E-state index contributed by atoms with van der Waals surface area (Å²) in [5.74, 6) is 0.747. The van der Waals surface area contributed by atoms with Crippen LogP contribution in [0.15, 0.2) is 18.2 Å². The Kier molecular flexibility index (Phi) is 5.55. The summed E-state index contributed by atoms with van der Waals surface area (Å²) in [6, 6.07) is 5.22. The third-order valence-corrected chi connectivity index (χ3v) is 4.75. The van der Waals surface area contributed by atoms with E-state index in [9.17, 15) is 9.59 Å². The lowest BCUT2D eigenvalue weighted by atomic mass is 10.1. The van der Waals surface area contributed by atoms with E-state index in [1.165, 1.54) is 0 Å². The predicted molar refractivity (Wildman–Crippen MR) is 92.8 cm³/mol. The van der Waals surface area contributed by atoms with Crippen LogP contribution in [0.2, 0.25) is 0 Å². The lowest BCUT2D eigenvalue weighted by Gasteiger charge is -2.37. The first-order chi connectivity index (χ1) is 12.1. The fourth-order valence-electron chi connectivity index (χ4n) is 3.21. The maximum Gasteiger partial charge on any atom is 0.254 e. The van der Waals surface area contributed by atoms with E-state index in [-0.39, 0.29) is 17.9 Å². The fourth-order valence-corrected chi connectivity index (χ4v) is 3.21. The van der Waals surface area contributed by atoms with Gasteiger partial charge in [-0.2, -0.15) is 0 Å². The van der Waals surface area contributed by atoms with E-state index in [4.69, 9.17) is 9.47 Å². The summed E-state index contributed by atoms with van der Waals surface area (Å²) in [6.07, 6.45) is 0. The number of morpholine rings is 1. The van der Waals surface area contributed by atoms with Gasteiger partial charge in [0.05, 0.1) is 20.3 Å². The number of methoxy groups -OCH3 is 1. The largest absolute Gasteiger partial charge is 0.496 e. The number of piperazine rings is 1. The van der Waals surface area contributed by atoms with Crippen molar-refractivity contribution in [3.8, 4) is 5.75 Å². The van der Waals surface area contributed by atoms with Gasteiger partial charge in [-0.15, -0.1) is 0 Å². The van der Waals surface area contributed by atoms with E-state index >= 15 is 0 Å². The zero-order valence-electron chi connectivity index (χ0n) is 14.8. The number of rotatable bonds is 3. The summed E-state index contributed by atoms with van der Waals surface area (Å²) in [5.41, 5.74) is 1.61. The SMILES string of the molecule is COc1cc(C(=O)N2CCN(C(=O)C3COCCN3)CC2)ccc1C. The summed E-state index contributed by atoms with van der Waals surface area (Å²) in [5, 5.41) is 3.18. The van der Waals surface area contributed by atoms with Crippen molar-refractivity contribution < 1.29 is 19.1 Å². The number of carbonyl (C=O) groups excluding carboxylic acids is 2. The van der Waals surface area contributed by atoms with E-state index in [0.717, 1.165) is 5.56 Å². The molecule has 136 valence electrons. The van der Waals surface area contributed by atoms with Crippen LogP contribution in [0.3, 0.4) is 0 Å². The second-order valence-corrected chi connectivity index (χ2v) is 6.38. The fraction of sp³-hybridized carbons (Fsp3) is 0.556. The zero-order chi connectivity index (χ0) is 17.8. The van der Waals surface area contributed by atoms with Crippen molar-refractivity contribution in [1.29, 1.82) is 0 Å². The molecule has 0 saturated carbocycles. The van der Waals surface area contributed by atoms with Crippen molar-refractivity contribution in [3.05, 3.63) is 29.3 Å². The summed E-state index contributed by atoms with van der Waals surface area (Å²) in [6.45, 7) is 5.87. The Morgan fingerprint density at radius 2 is 1.92 bits per heavy atom. The van der Waals surface area contributed by atoms with E-state index in [1.54, 1.807) is 18.1 Å². The number of aryl methyl sites for hydroxylation is 1. The molecule has 7 heteroatoms. The van der Waals surface area contributed by atoms with Crippen molar-refractivity contribution >= 4 is 11.8 Å². The van der Waals surface area contributed by atoms with Gasteiger partial charge in [0.2, 0.25) is 5.91 Å². The highest BCUT2D eigenvalue weighted by molar-refractivity contribution is 5.95. The molecule has 0 aromatic heterocycles. The standard InChI is InChI=1S/C18H25N3O4/c1-13-3-4-14(11-16(13)24-2)17(22)20-6-8-21(9-7-20)18(23)15-12-25-10-5-19-15/h3-4,11,15,19H,5-10,12H2,1-2H3. The summed E-state index contributed by atoms with van der Waals surface area (Å²) in [4.78, 5) is 28.8. The van der Waals surface area contributed by atoms with Crippen LogP contribution in [0, 0.1) is 6.92 Å². The molecule has 0 aliphatic carbocycles. The molecule has 7 nitrogen and oxygen atoms in total. The number of ether oxygens (including phenoxy) is 2. The van der Waals surface area contributed by atoms with E-state index in [1.807, 2.05) is 24.0 Å². The molecule has 0 bridgehead atoms. The van der Waals surface area contributed by atoms with Crippen LogP contribution in [0.25, 0.3) is 0 Å². The van der Waals surface area contributed by atoms with Gasteiger partial charge in [0.1, 0.15) is 11.8 Å².